The summed E-state index contributed by atoms with van der Waals surface area (Å²) in [6.45, 7) is 6.13. The van der Waals surface area contributed by atoms with Crippen LogP contribution in [0.3, 0.4) is 0 Å². The number of benzene rings is 2. The standard InChI is InChI=1S/C21H24F2N2O5/c1-4-28-17-9-13(10-18(29-5-2)20(17)30-6-3)21(27)24-12-19(26)25-14-7-8-15(22)16(23)11-14/h7-11H,4-6,12H2,1-3H3,(H,24,27)(H,25,26). The Morgan fingerprint density at radius 1 is 0.867 bits per heavy atom. The van der Waals surface area contributed by atoms with E-state index in [2.05, 4.69) is 10.6 Å². The smallest absolute Gasteiger partial charge is 0.251 e. The number of ether oxygens (including phenoxy) is 3. The highest BCUT2D eigenvalue weighted by Gasteiger charge is 2.19. The molecule has 2 aromatic carbocycles. The lowest BCUT2D eigenvalue weighted by Crippen LogP contribution is -2.33. The molecule has 0 spiro atoms. The first kappa shape index (κ1) is 22.9. The van der Waals surface area contributed by atoms with Crippen LogP contribution in [0.15, 0.2) is 30.3 Å². The van der Waals surface area contributed by atoms with Crippen molar-refractivity contribution in [1.82, 2.24) is 5.32 Å². The van der Waals surface area contributed by atoms with E-state index >= 15 is 0 Å². The zero-order valence-electron chi connectivity index (χ0n) is 17.0. The van der Waals surface area contributed by atoms with Crippen LogP contribution in [0, 0.1) is 11.6 Å². The molecule has 0 radical (unpaired) electrons. The van der Waals surface area contributed by atoms with Gasteiger partial charge in [0.2, 0.25) is 11.7 Å². The molecule has 2 N–H and O–H groups in total. The summed E-state index contributed by atoms with van der Waals surface area (Å²) in [5, 5.41) is 4.84. The molecule has 0 unspecified atom stereocenters. The Hall–Kier alpha value is -3.36. The molecule has 0 saturated heterocycles. The molecule has 0 aliphatic rings. The molecule has 0 aliphatic carbocycles. The average molecular weight is 422 g/mol. The number of amides is 2. The van der Waals surface area contributed by atoms with E-state index in [0.717, 1.165) is 12.1 Å². The second-order valence-electron chi connectivity index (χ2n) is 5.96. The fraction of sp³-hybridized carbons (Fsp3) is 0.333. The molecule has 2 amide bonds. The lowest BCUT2D eigenvalue weighted by molar-refractivity contribution is -0.115. The number of hydrogen-bond donors (Lipinski definition) is 2. The number of nitrogens with one attached hydrogen (secondary N) is 2. The first-order chi connectivity index (χ1) is 14.4. The van der Waals surface area contributed by atoms with E-state index in [4.69, 9.17) is 14.2 Å². The Kier molecular flexibility index (Phi) is 8.40. The van der Waals surface area contributed by atoms with Crippen molar-refractivity contribution in [1.29, 1.82) is 0 Å². The van der Waals surface area contributed by atoms with E-state index in [0.29, 0.717) is 37.1 Å². The molecular formula is C21H24F2N2O5. The van der Waals surface area contributed by atoms with Crippen molar-refractivity contribution < 1.29 is 32.6 Å². The first-order valence-corrected chi connectivity index (χ1v) is 9.49. The molecule has 0 heterocycles. The van der Waals surface area contributed by atoms with Crippen molar-refractivity contribution in [3.63, 3.8) is 0 Å². The van der Waals surface area contributed by atoms with E-state index in [1.54, 1.807) is 13.8 Å². The molecule has 0 saturated carbocycles. The maximum absolute atomic E-state index is 13.2. The predicted molar refractivity (Wildman–Crippen MR) is 107 cm³/mol. The van der Waals surface area contributed by atoms with Crippen molar-refractivity contribution in [3.8, 4) is 17.2 Å². The van der Waals surface area contributed by atoms with Crippen LogP contribution < -0.4 is 24.8 Å². The van der Waals surface area contributed by atoms with Gasteiger partial charge in [-0.05, 0) is 45.0 Å². The highest BCUT2D eigenvalue weighted by atomic mass is 19.2. The minimum Gasteiger partial charge on any atom is -0.490 e. The normalized spacial score (nSPS) is 10.3. The molecule has 0 fully saturated rings. The molecule has 0 bridgehead atoms. The van der Waals surface area contributed by atoms with Gasteiger partial charge >= 0.3 is 0 Å². The number of carbonyl (C=O) groups is 2. The zero-order valence-corrected chi connectivity index (χ0v) is 17.0. The third-order valence-corrected chi connectivity index (χ3v) is 3.78. The molecule has 2 aromatic rings. The Labute approximate surface area is 173 Å². The summed E-state index contributed by atoms with van der Waals surface area (Å²) in [7, 11) is 0. The van der Waals surface area contributed by atoms with E-state index in [1.165, 1.54) is 18.2 Å². The number of hydrogen-bond acceptors (Lipinski definition) is 5. The van der Waals surface area contributed by atoms with Crippen molar-refractivity contribution in [3.05, 3.63) is 47.5 Å². The molecule has 0 aliphatic heterocycles. The second kappa shape index (κ2) is 11.0. The molecule has 0 atom stereocenters. The van der Waals surface area contributed by atoms with E-state index in [9.17, 15) is 18.4 Å². The maximum Gasteiger partial charge on any atom is 0.251 e. The Balaban J connectivity index is 2.11. The minimum absolute atomic E-state index is 0.0754. The van der Waals surface area contributed by atoms with Gasteiger partial charge in [0, 0.05) is 17.3 Å². The van der Waals surface area contributed by atoms with Crippen LogP contribution in [-0.4, -0.2) is 38.2 Å². The summed E-state index contributed by atoms with van der Waals surface area (Å²) >= 11 is 0. The van der Waals surface area contributed by atoms with Crippen molar-refractivity contribution in [2.75, 3.05) is 31.7 Å². The summed E-state index contributed by atoms with van der Waals surface area (Å²) in [6.07, 6.45) is 0. The van der Waals surface area contributed by atoms with Crippen LogP contribution in [0.5, 0.6) is 17.2 Å². The second-order valence-corrected chi connectivity index (χ2v) is 5.96. The van der Waals surface area contributed by atoms with Crippen LogP contribution in [-0.2, 0) is 4.79 Å². The summed E-state index contributed by atoms with van der Waals surface area (Å²) in [5.74, 6) is -2.15. The van der Waals surface area contributed by atoms with Gasteiger partial charge in [0.05, 0.1) is 26.4 Å². The minimum atomic E-state index is -1.09. The van der Waals surface area contributed by atoms with Gasteiger partial charge in [0.1, 0.15) is 0 Å². The third kappa shape index (κ3) is 6.07. The van der Waals surface area contributed by atoms with Gasteiger partial charge in [-0.1, -0.05) is 0 Å². The van der Waals surface area contributed by atoms with Gasteiger partial charge in [-0.2, -0.15) is 0 Å². The Morgan fingerprint density at radius 2 is 1.47 bits per heavy atom. The van der Waals surface area contributed by atoms with E-state index in [1.807, 2.05) is 6.92 Å². The van der Waals surface area contributed by atoms with Crippen molar-refractivity contribution in [2.45, 2.75) is 20.8 Å². The third-order valence-electron chi connectivity index (χ3n) is 3.78. The molecule has 2 rings (SSSR count). The lowest BCUT2D eigenvalue weighted by atomic mass is 10.1. The fourth-order valence-corrected chi connectivity index (χ4v) is 2.56. The van der Waals surface area contributed by atoms with E-state index < -0.39 is 23.4 Å². The van der Waals surface area contributed by atoms with Crippen LogP contribution in [0.2, 0.25) is 0 Å². The van der Waals surface area contributed by atoms with Crippen LogP contribution in [0.1, 0.15) is 31.1 Å². The van der Waals surface area contributed by atoms with Crippen molar-refractivity contribution >= 4 is 17.5 Å². The Bertz CT molecular complexity index is 878. The lowest BCUT2D eigenvalue weighted by Gasteiger charge is -2.17. The maximum atomic E-state index is 13.2. The fourth-order valence-electron chi connectivity index (χ4n) is 2.56. The van der Waals surface area contributed by atoms with Gasteiger partial charge in [0.25, 0.3) is 5.91 Å². The number of halogens is 2. The summed E-state index contributed by atoms with van der Waals surface area (Å²) in [4.78, 5) is 24.5. The quantitative estimate of drug-likeness (QED) is 0.612. The van der Waals surface area contributed by atoms with E-state index in [-0.39, 0.29) is 17.8 Å². The number of carbonyl (C=O) groups excluding carboxylic acids is 2. The highest BCUT2D eigenvalue weighted by Crippen LogP contribution is 2.39. The van der Waals surface area contributed by atoms with Crippen molar-refractivity contribution in [2.24, 2.45) is 0 Å². The average Bonchev–Trinajstić information content (AvgIpc) is 2.71. The van der Waals surface area contributed by atoms with Crippen LogP contribution >= 0.6 is 0 Å². The Morgan fingerprint density at radius 3 is 2.00 bits per heavy atom. The molecule has 9 heteroatoms. The van der Waals surface area contributed by atoms with Crippen LogP contribution in [0.4, 0.5) is 14.5 Å². The number of anilines is 1. The summed E-state index contributed by atoms with van der Waals surface area (Å²) in [5.41, 5.74) is 0.289. The summed E-state index contributed by atoms with van der Waals surface area (Å²) in [6, 6.07) is 5.96. The molecule has 0 aromatic heterocycles. The topological polar surface area (TPSA) is 85.9 Å². The molecule has 7 nitrogen and oxygen atoms in total. The molecule has 162 valence electrons. The number of rotatable bonds is 10. The monoisotopic (exact) mass is 422 g/mol. The highest BCUT2D eigenvalue weighted by molar-refractivity contribution is 6.00. The van der Waals surface area contributed by atoms with Gasteiger partial charge in [-0.3, -0.25) is 9.59 Å². The molecular weight excluding hydrogens is 398 g/mol. The zero-order chi connectivity index (χ0) is 22.1. The summed E-state index contributed by atoms with van der Waals surface area (Å²) < 4.78 is 42.9. The largest absolute Gasteiger partial charge is 0.490 e. The SMILES string of the molecule is CCOc1cc(C(=O)NCC(=O)Nc2ccc(F)c(F)c2)cc(OCC)c1OCC. The van der Waals surface area contributed by atoms with Crippen LogP contribution in [0.25, 0.3) is 0 Å². The van der Waals surface area contributed by atoms with Gasteiger partial charge in [-0.15, -0.1) is 0 Å². The van der Waals surface area contributed by atoms with Gasteiger partial charge < -0.3 is 24.8 Å². The van der Waals surface area contributed by atoms with Gasteiger partial charge in [0.15, 0.2) is 23.1 Å². The van der Waals surface area contributed by atoms with Gasteiger partial charge in [-0.25, -0.2) is 8.78 Å². The molecule has 30 heavy (non-hydrogen) atoms. The first-order valence-electron chi connectivity index (χ1n) is 9.49. The predicted octanol–water partition coefficient (Wildman–Crippen LogP) is 3.53.